The minimum Gasteiger partial charge on any atom is -0.454 e. The van der Waals surface area contributed by atoms with Gasteiger partial charge in [-0.15, -0.1) is 0 Å². The second-order valence-electron chi connectivity index (χ2n) is 4.11. The van der Waals surface area contributed by atoms with Gasteiger partial charge in [0, 0.05) is 12.1 Å². The first kappa shape index (κ1) is 17.1. The Bertz CT molecular complexity index is 598. The molecular weight excluding hydrogens is 293 g/mol. The van der Waals surface area contributed by atoms with Crippen LogP contribution in [0.4, 0.5) is 4.39 Å². The first-order valence-corrected chi connectivity index (χ1v) is 6.36. The highest BCUT2D eigenvalue weighted by molar-refractivity contribution is 5.96. The summed E-state index contributed by atoms with van der Waals surface area (Å²) in [4.78, 5) is 34.1. The van der Waals surface area contributed by atoms with Crippen molar-refractivity contribution in [1.29, 1.82) is 5.26 Å². The number of amides is 2. The molecule has 0 aliphatic heterocycles. The topological polar surface area (TPSA) is 108 Å². The summed E-state index contributed by atoms with van der Waals surface area (Å²) in [6.07, 6.45) is 0.156. The van der Waals surface area contributed by atoms with Crippen molar-refractivity contribution in [3.05, 3.63) is 35.6 Å². The van der Waals surface area contributed by atoms with Crippen LogP contribution in [-0.2, 0) is 14.3 Å². The van der Waals surface area contributed by atoms with Crippen molar-refractivity contribution in [2.75, 3.05) is 19.7 Å². The Labute approximate surface area is 126 Å². The van der Waals surface area contributed by atoms with E-state index >= 15 is 0 Å². The van der Waals surface area contributed by atoms with E-state index in [0.29, 0.717) is 0 Å². The lowest BCUT2D eigenvalue weighted by atomic mass is 10.2. The van der Waals surface area contributed by atoms with Gasteiger partial charge >= 0.3 is 5.97 Å². The number of carbonyl (C=O) groups excluding carboxylic acids is 3. The number of rotatable bonds is 7. The van der Waals surface area contributed by atoms with Crippen molar-refractivity contribution < 1.29 is 23.5 Å². The van der Waals surface area contributed by atoms with Gasteiger partial charge in [0.15, 0.2) is 6.61 Å². The average Bonchev–Trinajstić information content (AvgIpc) is 2.50. The monoisotopic (exact) mass is 307 g/mol. The predicted octanol–water partition coefficient (Wildman–Crippen LogP) is 0.129. The van der Waals surface area contributed by atoms with Crippen LogP contribution < -0.4 is 10.6 Å². The van der Waals surface area contributed by atoms with Crippen molar-refractivity contribution in [3.63, 3.8) is 0 Å². The van der Waals surface area contributed by atoms with Gasteiger partial charge in [0.1, 0.15) is 12.4 Å². The van der Waals surface area contributed by atoms with Gasteiger partial charge in [0.2, 0.25) is 0 Å². The molecule has 0 saturated heterocycles. The molecule has 1 aromatic rings. The maximum Gasteiger partial charge on any atom is 0.325 e. The fourth-order valence-corrected chi connectivity index (χ4v) is 1.39. The molecule has 0 unspecified atom stereocenters. The summed E-state index contributed by atoms with van der Waals surface area (Å²) in [6.45, 7) is -0.774. The molecule has 0 radical (unpaired) electrons. The summed E-state index contributed by atoms with van der Waals surface area (Å²) in [5, 5.41) is 12.9. The lowest BCUT2D eigenvalue weighted by Gasteiger charge is -2.07. The Morgan fingerprint density at radius 3 is 2.73 bits per heavy atom. The minimum absolute atomic E-state index is 0.0713. The number of esters is 1. The number of ether oxygens (including phenoxy) is 1. The molecule has 8 heteroatoms. The maximum atomic E-state index is 12.9. The number of benzene rings is 1. The smallest absolute Gasteiger partial charge is 0.325 e. The molecule has 1 aromatic carbocycles. The molecule has 0 aliphatic rings. The van der Waals surface area contributed by atoms with Gasteiger partial charge in [0.05, 0.1) is 12.5 Å². The molecule has 0 bridgehead atoms. The van der Waals surface area contributed by atoms with E-state index in [9.17, 15) is 18.8 Å². The molecule has 2 N–H and O–H groups in total. The summed E-state index contributed by atoms with van der Waals surface area (Å²) in [5.74, 6) is -2.54. The van der Waals surface area contributed by atoms with Crippen LogP contribution in [0.1, 0.15) is 16.8 Å². The molecule has 1 rings (SSSR count). The van der Waals surface area contributed by atoms with E-state index in [1.165, 1.54) is 18.2 Å². The Kier molecular flexibility index (Phi) is 7.05. The van der Waals surface area contributed by atoms with Crippen LogP contribution in [0.5, 0.6) is 0 Å². The molecule has 7 nitrogen and oxygen atoms in total. The Morgan fingerprint density at radius 2 is 2.05 bits per heavy atom. The number of hydrogen-bond donors (Lipinski definition) is 2. The molecule has 0 saturated carbocycles. The highest BCUT2D eigenvalue weighted by atomic mass is 19.1. The standard InChI is InChI=1S/C14H14FN3O4/c15-11-4-1-3-10(7-11)14(21)18-8-13(20)22-9-12(19)17-6-2-5-16/h1,3-4,7H,2,6,8-9H2,(H,17,19)(H,18,21). The predicted molar refractivity (Wildman–Crippen MR) is 72.9 cm³/mol. The third-order valence-electron chi connectivity index (χ3n) is 2.40. The van der Waals surface area contributed by atoms with Gasteiger partial charge in [-0.3, -0.25) is 14.4 Å². The van der Waals surface area contributed by atoms with Crippen LogP contribution in [0.2, 0.25) is 0 Å². The summed E-state index contributed by atoms with van der Waals surface area (Å²) >= 11 is 0. The highest BCUT2D eigenvalue weighted by Crippen LogP contribution is 2.02. The number of nitriles is 1. The van der Waals surface area contributed by atoms with Gasteiger partial charge in [-0.05, 0) is 18.2 Å². The van der Waals surface area contributed by atoms with Crippen molar-refractivity contribution in [2.24, 2.45) is 0 Å². The first-order chi connectivity index (χ1) is 10.5. The van der Waals surface area contributed by atoms with Crippen LogP contribution in [0.15, 0.2) is 24.3 Å². The third kappa shape index (κ3) is 6.47. The maximum absolute atomic E-state index is 12.9. The summed E-state index contributed by atoms with van der Waals surface area (Å²) < 4.78 is 17.5. The normalized spacial score (nSPS) is 9.45. The fraction of sp³-hybridized carbons (Fsp3) is 0.286. The molecule has 116 valence electrons. The Morgan fingerprint density at radius 1 is 1.27 bits per heavy atom. The zero-order valence-electron chi connectivity index (χ0n) is 11.6. The number of halogens is 1. The van der Waals surface area contributed by atoms with Gasteiger partial charge in [0.25, 0.3) is 11.8 Å². The minimum atomic E-state index is -0.805. The van der Waals surface area contributed by atoms with Gasteiger partial charge in [-0.2, -0.15) is 5.26 Å². The van der Waals surface area contributed by atoms with Gasteiger partial charge in [-0.1, -0.05) is 6.07 Å². The summed E-state index contributed by atoms with van der Waals surface area (Å²) in [7, 11) is 0. The second kappa shape index (κ2) is 9.07. The van der Waals surface area contributed by atoms with Crippen LogP contribution in [0, 0.1) is 17.1 Å². The zero-order valence-corrected chi connectivity index (χ0v) is 11.6. The molecule has 2 amide bonds. The summed E-state index contributed by atoms with van der Waals surface area (Å²) in [6, 6.07) is 6.83. The SMILES string of the molecule is N#CCCNC(=O)COC(=O)CNC(=O)c1cccc(F)c1. The van der Waals surface area contributed by atoms with Crippen LogP contribution in [0.25, 0.3) is 0 Å². The lowest BCUT2D eigenvalue weighted by Crippen LogP contribution is -2.34. The number of nitrogens with one attached hydrogen (secondary N) is 2. The largest absolute Gasteiger partial charge is 0.454 e. The zero-order chi connectivity index (χ0) is 16.4. The molecular formula is C14H14FN3O4. The number of nitrogens with zero attached hydrogens (tertiary/aromatic N) is 1. The molecule has 0 spiro atoms. The average molecular weight is 307 g/mol. The van der Waals surface area contributed by atoms with E-state index in [4.69, 9.17) is 5.26 Å². The first-order valence-electron chi connectivity index (χ1n) is 6.36. The lowest BCUT2D eigenvalue weighted by molar-refractivity contribution is -0.147. The summed E-state index contributed by atoms with van der Waals surface area (Å²) in [5.41, 5.74) is 0.0713. The van der Waals surface area contributed by atoms with Crippen LogP contribution >= 0.6 is 0 Å². The fourth-order valence-electron chi connectivity index (χ4n) is 1.39. The molecule has 0 aromatic heterocycles. The highest BCUT2D eigenvalue weighted by Gasteiger charge is 2.11. The number of hydrogen-bond acceptors (Lipinski definition) is 5. The third-order valence-corrected chi connectivity index (χ3v) is 2.40. The van der Waals surface area contributed by atoms with E-state index in [1.54, 1.807) is 0 Å². The van der Waals surface area contributed by atoms with Crippen LogP contribution in [0.3, 0.4) is 0 Å². The number of carbonyl (C=O) groups is 3. The van der Waals surface area contributed by atoms with E-state index < -0.39 is 36.8 Å². The van der Waals surface area contributed by atoms with E-state index in [2.05, 4.69) is 15.4 Å². The molecule has 0 fully saturated rings. The molecule has 22 heavy (non-hydrogen) atoms. The van der Waals surface area contributed by atoms with Crippen molar-refractivity contribution >= 4 is 17.8 Å². The Hall–Kier alpha value is -2.95. The quantitative estimate of drug-likeness (QED) is 0.550. The van der Waals surface area contributed by atoms with Gasteiger partial charge < -0.3 is 15.4 Å². The van der Waals surface area contributed by atoms with E-state index in [0.717, 1.165) is 6.07 Å². The Balaban J connectivity index is 2.27. The second-order valence-corrected chi connectivity index (χ2v) is 4.11. The van der Waals surface area contributed by atoms with Crippen LogP contribution in [-0.4, -0.2) is 37.5 Å². The van der Waals surface area contributed by atoms with E-state index in [-0.39, 0.29) is 18.5 Å². The van der Waals surface area contributed by atoms with Gasteiger partial charge in [-0.25, -0.2) is 4.39 Å². The molecule has 0 heterocycles. The van der Waals surface area contributed by atoms with Crippen molar-refractivity contribution in [1.82, 2.24) is 10.6 Å². The van der Waals surface area contributed by atoms with Crippen molar-refractivity contribution in [3.8, 4) is 6.07 Å². The van der Waals surface area contributed by atoms with Crippen molar-refractivity contribution in [2.45, 2.75) is 6.42 Å². The molecule has 0 aliphatic carbocycles. The molecule has 0 atom stereocenters. The van der Waals surface area contributed by atoms with E-state index in [1.807, 2.05) is 6.07 Å².